The molecule has 0 saturated carbocycles. The molecule has 1 aromatic rings. The maximum absolute atomic E-state index is 10.8. The molecule has 0 fully saturated rings. The standard InChI is InChI=1S/C6H8N2O3/c1-3-4(5(9)10-2)8-6(7)11-3/h1-2H3,(H2,7,8). The molecule has 1 heterocycles. The average molecular weight is 156 g/mol. The molecular weight excluding hydrogens is 148 g/mol. The third-order valence-electron chi connectivity index (χ3n) is 1.19. The minimum atomic E-state index is -0.539. The first-order valence-corrected chi connectivity index (χ1v) is 2.96. The van der Waals surface area contributed by atoms with Crippen LogP contribution in [0.4, 0.5) is 6.01 Å². The van der Waals surface area contributed by atoms with Crippen molar-refractivity contribution in [1.29, 1.82) is 0 Å². The Balaban J connectivity index is 3.03. The summed E-state index contributed by atoms with van der Waals surface area (Å²) in [6.45, 7) is 1.59. The third-order valence-corrected chi connectivity index (χ3v) is 1.19. The molecule has 0 aromatic carbocycles. The molecule has 60 valence electrons. The van der Waals surface area contributed by atoms with Crippen molar-refractivity contribution in [2.75, 3.05) is 12.8 Å². The maximum atomic E-state index is 10.8. The van der Waals surface area contributed by atoms with Crippen LogP contribution in [0.25, 0.3) is 0 Å². The molecule has 0 aliphatic rings. The first-order chi connectivity index (χ1) is 5.15. The van der Waals surface area contributed by atoms with Crippen LogP contribution >= 0.6 is 0 Å². The van der Waals surface area contributed by atoms with E-state index in [9.17, 15) is 4.79 Å². The van der Waals surface area contributed by atoms with Crippen molar-refractivity contribution in [3.05, 3.63) is 11.5 Å². The zero-order valence-corrected chi connectivity index (χ0v) is 6.25. The van der Waals surface area contributed by atoms with Gasteiger partial charge in [0.1, 0.15) is 5.76 Å². The summed E-state index contributed by atoms with van der Waals surface area (Å²) in [6.07, 6.45) is 0. The number of oxazole rings is 1. The first kappa shape index (κ1) is 7.59. The molecule has 0 saturated heterocycles. The fourth-order valence-electron chi connectivity index (χ4n) is 0.703. The third kappa shape index (κ3) is 1.31. The lowest BCUT2D eigenvalue weighted by molar-refractivity contribution is 0.0593. The van der Waals surface area contributed by atoms with E-state index in [-0.39, 0.29) is 11.7 Å². The number of nitrogens with two attached hydrogens (primary N) is 1. The van der Waals surface area contributed by atoms with Gasteiger partial charge >= 0.3 is 5.97 Å². The molecular formula is C6H8N2O3. The lowest BCUT2D eigenvalue weighted by Crippen LogP contribution is -2.03. The Morgan fingerprint density at radius 3 is 2.73 bits per heavy atom. The van der Waals surface area contributed by atoms with Crippen LogP contribution in [0, 0.1) is 6.92 Å². The summed E-state index contributed by atoms with van der Waals surface area (Å²) in [4.78, 5) is 14.5. The van der Waals surface area contributed by atoms with E-state index in [1.54, 1.807) is 6.92 Å². The second kappa shape index (κ2) is 2.61. The van der Waals surface area contributed by atoms with Gasteiger partial charge in [-0.2, -0.15) is 4.98 Å². The van der Waals surface area contributed by atoms with Gasteiger partial charge in [-0.05, 0) is 6.92 Å². The van der Waals surface area contributed by atoms with Crippen LogP contribution in [0.5, 0.6) is 0 Å². The number of ether oxygens (including phenoxy) is 1. The van der Waals surface area contributed by atoms with E-state index in [0.29, 0.717) is 5.76 Å². The highest BCUT2D eigenvalue weighted by atomic mass is 16.5. The zero-order chi connectivity index (χ0) is 8.43. The first-order valence-electron chi connectivity index (χ1n) is 2.96. The Morgan fingerprint density at radius 1 is 1.73 bits per heavy atom. The highest BCUT2D eigenvalue weighted by Crippen LogP contribution is 2.11. The van der Waals surface area contributed by atoms with Gasteiger partial charge in [0.15, 0.2) is 5.69 Å². The predicted octanol–water partition coefficient (Wildman–Crippen LogP) is 0.352. The zero-order valence-electron chi connectivity index (χ0n) is 6.25. The van der Waals surface area contributed by atoms with Crippen molar-refractivity contribution in [2.24, 2.45) is 0 Å². The largest absolute Gasteiger partial charge is 0.464 e. The van der Waals surface area contributed by atoms with E-state index in [1.807, 2.05) is 0 Å². The highest BCUT2D eigenvalue weighted by molar-refractivity contribution is 5.88. The fourth-order valence-corrected chi connectivity index (χ4v) is 0.703. The number of hydrogen-bond donors (Lipinski definition) is 1. The quantitative estimate of drug-likeness (QED) is 0.593. The molecule has 0 atom stereocenters. The SMILES string of the molecule is COC(=O)c1nc(N)oc1C. The van der Waals surface area contributed by atoms with Crippen LogP contribution in [0.15, 0.2) is 4.42 Å². The number of anilines is 1. The number of carbonyl (C=O) groups excluding carboxylic acids is 1. The van der Waals surface area contributed by atoms with Gasteiger partial charge < -0.3 is 14.9 Å². The van der Waals surface area contributed by atoms with Gasteiger partial charge in [0, 0.05) is 0 Å². The summed E-state index contributed by atoms with van der Waals surface area (Å²) in [5.74, 6) is -0.169. The Morgan fingerprint density at radius 2 is 2.36 bits per heavy atom. The van der Waals surface area contributed by atoms with Gasteiger partial charge in [-0.15, -0.1) is 0 Å². The van der Waals surface area contributed by atoms with E-state index in [0.717, 1.165) is 0 Å². The van der Waals surface area contributed by atoms with E-state index < -0.39 is 5.97 Å². The van der Waals surface area contributed by atoms with Crippen LogP contribution < -0.4 is 5.73 Å². The van der Waals surface area contributed by atoms with Crippen molar-refractivity contribution < 1.29 is 13.9 Å². The number of carbonyl (C=O) groups is 1. The van der Waals surface area contributed by atoms with E-state index in [2.05, 4.69) is 9.72 Å². The summed E-state index contributed by atoms with van der Waals surface area (Å²) >= 11 is 0. The molecule has 0 spiro atoms. The number of aryl methyl sites for hydroxylation is 1. The molecule has 0 amide bonds. The van der Waals surface area contributed by atoms with Crippen molar-refractivity contribution in [3.63, 3.8) is 0 Å². The average Bonchev–Trinajstić information content (AvgIpc) is 2.28. The second-order valence-electron chi connectivity index (χ2n) is 1.95. The monoisotopic (exact) mass is 156 g/mol. The van der Waals surface area contributed by atoms with Gasteiger partial charge in [-0.25, -0.2) is 4.79 Å². The number of methoxy groups -OCH3 is 1. The second-order valence-corrected chi connectivity index (χ2v) is 1.95. The minimum Gasteiger partial charge on any atom is -0.464 e. The lowest BCUT2D eigenvalue weighted by atomic mass is 10.4. The Labute approximate surface area is 63.2 Å². The topological polar surface area (TPSA) is 78.3 Å². The number of rotatable bonds is 1. The Hall–Kier alpha value is -1.52. The van der Waals surface area contributed by atoms with Crippen LogP contribution in [-0.4, -0.2) is 18.1 Å². The van der Waals surface area contributed by atoms with E-state index in [1.165, 1.54) is 7.11 Å². The number of aromatic nitrogens is 1. The van der Waals surface area contributed by atoms with Crippen molar-refractivity contribution in [1.82, 2.24) is 4.98 Å². The lowest BCUT2D eigenvalue weighted by Gasteiger charge is -1.91. The van der Waals surface area contributed by atoms with E-state index in [4.69, 9.17) is 10.2 Å². The van der Waals surface area contributed by atoms with Crippen molar-refractivity contribution in [2.45, 2.75) is 6.92 Å². The number of hydrogen-bond acceptors (Lipinski definition) is 5. The predicted molar refractivity (Wildman–Crippen MR) is 37.0 cm³/mol. The number of esters is 1. The van der Waals surface area contributed by atoms with Crippen molar-refractivity contribution in [3.8, 4) is 0 Å². The summed E-state index contributed by atoms with van der Waals surface area (Å²) < 4.78 is 9.22. The molecule has 0 unspecified atom stereocenters. The number of nitrogen functional groups attached to an aromatic ring is 1. The Kier molecular flexibility index (Phi) is 1.80. The van der Waals surface area contributed by atoms with Crippen LogP contribution in [0.1, 0.15) is 16.2 Å². The smallest absolute Gasteiger partial charge is 0.360 e. The molecule has 0 aliphatic heterocycles. The maximum Gasteiger partial charge on any atom is 0.360 e. The summed E-state index contributed by atoms with van der Waals surface area (Å²) in [7, 11) is 1.27. The van der Waals surface area contributed by atoms with Gasteiger partial charge in [0.2, 0.25) is 0 Å². The van der Waals surface area contributed by atoms with Gasteiger partial charge in [-0.1, -0.05) is 0 Å². The molecule has 5 nitrogen and oxygen atoms in total. The molecule has 0 bridgehead atoms. The van der Waals surface area contributed by atoms with Gasteiger partial charge in [0.25, 0.3) is 6.01 Å². The summed E-state index contributed by atoms with van der Waals surface area (Å²) in [6, 6.07) is -0.0251. The molecule has 5 heteroatoms. The highest BCUT2D eigenvalue weighted by Gasteiger charge is 2.15. The molecule has 11 heavy (non-hydrogen) atoms. The summed E-state index contributed by atoms with van der Waals surface area (Å²) in [5, 5.41) is 0. The molecule has 0 radical (unpaired) electrons. The fraction of sp³-hybridized carbons (Fsp3) is 0.333. The van der Waals surface area contributed by atoms with Gasteiger partial charge in [-0.3, -0.25) is 0 Å². The molecule has 1 aromatic heterocycles. The summed E-state index contributed by atoms with van der Waals surface area (Å²) in [5.41, 5.74) is 5.32. The Bertz CT molecular complexity index is 279. The van der Waals surface area contributed by atoms with Crippen LogP contribution in [0.3, 0.4) is 0 Å². The normalized spacial score (nSPS) is 9.64. The van der Waals surface area contributed by atoms with Crippen LogP contribution in [0.2, 0.25) is 0 Å². The molecule has 2 N–H and O–H groups in total. The molecule has 0 aliphatic carbocycles. The van der Waals surface area contributed by atoms with Crippen LogP contribution in [-0.2, 0) is 4.74 Å². The number of nitrogens with zero attached hydrogens (tertiary/aromatic N) is 1. The van der Waals surface area contributed by atoms with Crippen molar-refractivity contribution >= 4 is 12.0 Å². The minimum absolute atomic E-state index is 0.0251. The molecule has 1 rings (SSSR count). The van der Waals surface area contributed by atoms with Gasteiger partial charge in [0.05, 0.1) is 7.11 Å². The van der Waals surface area contributed by atoms with E-state index >= 15 is 0 Å².